The number of ether oxygens (including phenoxy) is 1. The third-order valence-electron chi connectivity index (χ3n) is 12.7. The van der Waals surface area contributed by atoms with Crippen molar-refractivity contribution in [3.05, 3.63) is 96.8 Å². The van der Waals surface area contributed by atoms with Gasteiger partial charge >= 0.3 is 5.97 Å². The van der Waals surface area contributed by atoms with Gasteiger partial charge in [0.25, 0.3) is 0 Å². The zero-order valence-corrected chi connectivity index (χ0v) is 32.4. The number of sulfone groups is 1. The number of nitrogens with zero attached hydrogens (tertiary/aromatic N) is 3. The van der Waals surface area contributed by atoms with Gasteiger partial charge in [-0.2, -0.15) is 0 Å². The highest BCUT2D eigenvalue weighted by atomic mass is 32.2. The molecule has 1 amide bonds. The predicted octanol–water partition coefficient (Wildman–Crippen LogP) is 6.65. The van der Waals surface area contributed by atoms with Gasteiger partial charge in [0, 0.05) is 36.3 Å². The zero-order chi connectivity index (χ0) is 38.8. The largest absolute Gasteiger partial charge is 0.469 e. The third-order valence-corrected chi connectivity index (χ3v) is 14.4. The zero-order valence-electron chi connectivity index (χ0n) is 31.6. The molecule has 1 N–H and O–H groups in total. The molecule has 0 unspecified atom stereocenters. The van der Waals surface area contributed by atoms with Crippen LogP contribution in [0.25, 0.3) is 0 Å². The highest BCUT2D eigenvalue weighted by molar-refractivity contribution is 7.91. The number of amides is 1. The Morgan fingerprint density at radius 3 is 2.31 bits per heavy atom. The first kappa shape index (κ1) is 39.1. The molecule has 0 spiro atoms. The topological polar surface area (TPSA) is 99.3 Å². The number of hydrogen-bond acceptors (Lipinski definition) is 8. The van der Waals surface area contributed by atoms with Gasteiger partial charge < -0.3 is 19.9 Å². The molecule has 4 aliphatic rings. The third kappa shape index (κ3) is 8.23. The lowest BCUT2D eigenvalue weighted by Crippen LogP contribution is -2.64. The van der Waals surface area contributed by atoms with E-state index in [0.29, 0.717) is 18.7 Å². The molecule has 7 rings (SSSR count). The predicted molar refractivity (Wildman–Crippen MR) is 209 cm³/mol. The number of methoxy groups -OCH3 is 1. The molecule has 3 aromatic rings. The van der Waals surface area contributed by atoms with Crippen molar-refractivity contribution in [1.82, 2.24) is 9.80 Å². The highest BCUT2D eigenvalue weighted by Gasteiger charge is 2.53. The van der Waals surface area contributed by atoms with Crippen LogP contribution in [-0.2, 0) is 29.6 Å². The first-order chi connectivity index (χ1) is 26.4. The molecular weight excluding hydrogens is 723 g/mol. The number of carbonyl (C=O) groups is 2. The maximum atomic E-state index is 16.3. The van der Waals surface area contributed by atoms with Crippen LogP contribution in [0.15, 0.2) is 95.2 Å². The van der Waals surface area contributed by atoms with Gasteiger partial charge in [-0.1, -0.05) is 31.2 Å². The number of alkyl halides is 1. The molecule has 0 bridgehead atoms. The number of benzene rings is 3. The number of carbonyl (C=O) groups excluding carboxylic acids is 2. The Bertz CT molecular complexity index is 1980. The number of rotatable bonds is 14. The Labute approximate surface area is 323 Å². The first-order valence-corrected chi connectivity index (χ1v) is 21.0. The van der Waals surface area contributed by atoms with Crippen molar-refractivity contribution in [2.75, 3.05) is 69.7 Å². The molecule has 4 fully saturated rings. The van der Waals surface area contributed by atoms with E-state index in [1.165, 1.54) is 37.4 Å². The van der Waals surface area contributed by atoms with Crippen molar-refractivity contribution in [3.63, 3.8) is 0 Å². The lowest BCUT2D eigenvalue weighted by Gasteiger charge is -2.54. The summed E-state index contributed by atoms with van der Waals surface area (Å²) in [5.41, 5.74) is 0.404. The van der Waals surface area contributed by atoms with Gasteiger partial charge in [-0.25, -0.2) is 17.2 Å². The summed E-state index contributed by atoms with van der Waals surface area (Å²) >= 11 is 0. The molecule has 3 atom stereocenters. The molecule has 1 saturated carbocycles. The molecule has 3 aromatic carbocycles. The molecule has 3 heterocycles. The fourth-order valence-electron chi connectivity index (χ4n) is 9.87. The van der Waals surface area contributed by atoms with Crippen LogP contribution in [0, 0.1) is 23.6 Å². The quantitative estimate of drug-likeness (QED) is 0.144. The molecule has 0 radical (unpaired) electrons. The van der Waals surface area contributed by atoms with Crippen molar-refractivity contribution in [2.45, 2.75) is 65.8 Å². The second-order valence-electron chi connectivity index (χ2n) is 16.0. The van der Waals surface area contributed by atoms with Crippen LogP contribution in [0.3, 0.4) is 0 Å². The number of nitrogens with one attached hydrogen (secondary N) is 1. The minimum Gasteiger partial charge on any atom is -0.469 e. The Balaban J connectivity index is 1.01. The van der Waals surface area contributed by atoms with Crippen LogP contribution in [0.2, 0.25) is 0 Å². The minimum atomic E-state index is -3.85. The molecule has 9 nitrogen and oxygen atoms in total. The summed E-state index contributed by atoms with van der Waals surface area (Å²) in [6.45, 7) is 8.53. The fourth-order valence-corrected chi connectivity index (χ4v) is 11.2. The van der Waals surface area contributed by atoms with E-state index in [4.69, 9.17) is 4.74 Å². The van der Waals surface area contributed by atoms with Gasteiger partial charge in [-0.3, -0.25) is 14.5 Å². The van der Waals surface area contributed by atoms with E-state index in [-0.39, 0.29) is 57.8 Å². The number of piperidine rings is 1. The van der Waals surface area contributed by atoms with E-state index >= 15 is 8.78 Å². The molecule has 1 aliphatic carbocycles. The van der Waals surface area contributed by atoms with Crippen LogP contribution < -0.4 is 10.2 Å². The van der Waals surface area contributed by atoms with Gasteiger partial charge in [-0.15, -0.1) is 0 Å². The van der Waals surface area contributed by atoms with Crippen molar-refractivity contribution < 1.29 is 31.5 Å². The van der Waals surface area contributed by atoms with Crippen LogP contribution in [-0.4, -0.2) is 95.2 Å². The minimum absolute atomic E-state index is 0.0515. The van der Waals surface area contributed by atoms with Crippen molar-refractivity contribution in [2.24, 2.45) is 17.8 Å². The molecule has 3 aliphatic heterocycles. The van der Waals surface area contributed by atoms with Crippen molar-refractivity contribution in [1.29, 1.82) is 0 Å². The van der Waals surface area contributed by atoms with Gasteiger partial charge in [-0.05, 0) is 142 Å². The van der Waals surface area contributed by atoms with Crippen LogP contribution in [0.4, 0.5) is 20.2 Å². The van der Waals surface area contributed by atoms with Crippen LogP contribution in [0.5, 0.6) is 0 Å². The summed E-state index contributed by atoms with van der Waals surface area (Å²) < 4.78 is 63.2. The monoisotopic (exact) mass is 774 g/mol. The summed E-state index contributed by atoms with van der Waals surface area (Å²) in [6, 6.07) is 19.7. The van der Waals surface area contributed by atoms with Crippen LogP contribution >= 0.6 is 0 Å². The first-order valence-electron chi connectivity index (χ1n) is 19.5. The van der Waals surface area contributed by atoms with Crippen LogP contribution in [0.1, 0.15) is 50.5 Å². The summed E-state index contributed by atoms with van der Waals surface area (Å²) in [7, 11) is -2.40. The fraction of sp³-hybridized carbons (Fsp3) is 0.488. The Hall–Kier alpha value is -4.13. The van der Waals surface area contributed by atoms with E-state index in [2.05, 4.69) is 27.8 Å². The van der Waals surface area contributed by atoms with Gasteiger partial charge in [0.15, 0.2) is 5.67 Å². The molecule has 12 heteroatoms. The molecular formula is C43H52F2N4O5S. The number of hydrogen-bond donors (Lipinski definition) is 1. The summed E-state index contributed by atoms with van der Waals surface area (Å²) in [4.78, 5) is 31.1. The number of likely N-dealkylation sites (tertiary alicyclic amines) is 2. The summed E-state index contributed by atoms with van der Waals surface area (Å²) in [6.07, 6.45) is 7.36. The number of esters is 1. The second kappa shape index (κ2) is 16.2. The SMILES string of the molecule is C=CC(=O)Nc1cccc(S(=O)(=O)c2ccc(N3CC(F)(CN4CCC([C@@](CN5CCC5)(c5cccc(F)c5)[C@H]5CCC[C@@H]5CC(=O)OC)CC4)C3)cc2)c1. The molecule has 294 valence electrons. The van der Waals surface area contributed by atoms with Crippen molar-refractivity contribution >= 4 is 33.1 Å². The molecule has 55 heavy (non-hydrogen) atoms. The second-order valence-corrected chi connectivity index (χ2v) is 18.0. The smallest absolute Gasteiger partial charge is 0.305 e. The van der Waals surface area contributed by atoms with Gasteiger partial charge in [0.1, 0.15) is 5.82 Å². The summed E-state index contributed by atoms with van der Waals surface area (Å²) in [5.74, 6) is -0.223. The molecule has 0 aromatic heterocycles. The Morgan fingerprint density at radius 2 is 1.65 bits per heavy atom. The lowest BCUT2D eigenvalue weighted by molar-refractivity contribution is -0.142. The van der Waals surface area contributed by atoms with E-state index < -0.39 is 21.4 Å². The molecule has 3 saturated heterocycles. The standard InChI is InChI=1S/C43H52F2N4O5S/c1-3-40(50)46-35-11-6-12-38(26-35)55(52,53)37-16-14-36(15-17-37)49-28-42(45,29-49)27-48-22-18-32(19-23-48)43(30-47-20-7-21-47,33-9-5-10-34(44)25-33)39-13-4-8-31(39)24-41(51)54-2/h3,5-6,9-12,14-17,25-26,31-32,39H,1,4,7-8,13,18-24,27-30H2,2H3,(H,46,50)/t31-,39+,43+/m1/s1. The van der Waals surface area contributed by atoms with E-state index in [9.17, 15) is 18.0 Å². The van der Waals surface area contributed by atoms with Gasteiger partial charge in [0.2, 0.25) is 15.7 Å². The van der Waals surface area contributed by atoms with Crippen molar-refractivity contribution in [3.8, 4) is 0 Å². The average Bonchev–Trinajstić information content (AvgIpc) is 3.62. The lowest BCUT2D eigenvalue weighted by atomic mass is 9.56. The number of anilines is 2. The Morgan fingerprint density at radius 1 is 0.927 bits per heavy atom. The average molecular weight is 775 g/mol. The highest BCUT2D eigenvalue weighted by Crippen LogP contribution is 2.54. The number of halogens is 2. The summed E-state index contributed by atoms with van der Waals surface area (Å²) in [5, 5.41) is 2.58. The maximum Gasteiger partial charge on any atom is 0.305 e. The van der Waals surface area contributed by atoms with E-state index in [1.807, 2.05) is 11.0 Å². The maximum absolute atomic E-state index is 16.3. The van der Waals surface area contributed by atoms with Gasteiger partial charge in [0.05, 0.1) is 30.0 Å². The Kier molecular flexibility index (Phi) is 11.5. The van der Waals surface area contributed by atoms with E-state index in [1.54, 1.807) is 30.3 Å². The van der Waals surface area contributed by atoms with E-state index in [0.717, 1.165) is 88.6 Å². The normalized spacial score (nSPS) is 22.9.